The van der Waals surface area contributed by atoms with E-state index in [9.17, 15) is 9.90 Å². The number of nitrogens with zero attached hydrogens (tertiary/aromatic N) is 2. The van der Waals surface area contributed by atoms with Crippen LogP contribution in [-0.4, -0.2) is 60.6 Å². The third kappa shape index (κ3) is 4.44. The van der Waals surface area contributed by atoms with E-state index in [-0.39, 0.29) is 5.91 Å². The van der Waals surface area contributed by atoms with Crippen LogP contribution in [-0.2, 0) is 4.79 Å². The molecule has 5 heteroatoms. The van der Waals surface area contributed by atoms with Gasteiger partial charge in [-0.3, -0.25) is 9.69 Å². The van der Waals surface area contributed by atoms with Crippen molar-refractivity contribution in [2.75, 3.05) is 39.8 Å². The zero-order valence-electron chi connectivity index (χ0n) is 12.8. The molecule has 1 atom stereocenters. The van der Waals surface area contributed by atoms with Gasteiger partial charge in [0.2, 0.25) is 5.91 Å². The van der Waals surface area contributed by atoms with Crippen molar-refractivity contribution in [2.24, 2.45) is 0 Å². The Kier molecular flexibility index (Phi) is 5.59. The molecule has 1 aromatic carbocycles. The molecule has 1 fully saturated rings. The minimum atomic E-state index is -0.538. The van der Waals surface area contributed by atoms with Gasteiger partial charge >= 0.3 is 0 Å². The van der Waals surface area contributed by atoms with Crippen LogP contribution in [0.15, 0.2) is 24.3 Å². The van der Waals surface area contributed by atoms with E-state index < -0.39 is 6.10 Å². The summed E-state index contributed by atoms with van der Waals surface area (Å²) in [5.41, 5.74) is 0.863. The number of β-amino-alcohol motifs (C(OH)–C–C–N with tert-alkyl or cyclic N) is 1. The number of hydrogen-bond acceptors (Lipinski definition) is 4. The molecule has 1 heterocycles. The molecule has 1 aliphatic heterocycles. The lowest BCUT2D eigenvalue weighted by molar-refractivity contribution is -0.128. The molecule has 0 spiro atoms. The highest BCUT2D eigenvalue weighted by molar-refractivity contribution is 5.73. The van der Waals surface area contributed by atoms with Gasteiger partial charge in [-0.25, -0.2) is 0 Å². The van der Waals surface area contributed by atoms with Gasteiger partial charge in [-0.1, -0.05) is 12.1 Å². The van der Waals surface area contributed by atoms with E-state index >= 15 is 0 Å². The highest BCUT2D eigenvalue weighted by Gasteiger charge is 2.19. The fraction of sp³-hybridized carbons (Fsp3) is 0.562. The number of benzene rings is 1. The zero-order valence-corrected chi connectivity index (χ0v) is 12.8. The van der Waals surface area contributed by atoms with E-state index in [0.717, 1.165) is 43.9 Å². The number of amides is 1. The van der Waals surface area contributed by atoms with Crippen LogP contribution in [0.1, 0.15) is 25.0 Å². The summed E-state index contributed by atoms with van der Waals surface area (Å²) >= 11 is 0. The lowest BCUT2D eigenvalue weighted by atomic mass is 10.1. The molecular formula is C16H24N2O3. The van der Waals surface area contributed by atoms with E-state index in [4.69, 9.17) is 4.74 Å². The topological polar surface area (TPSA) is 53.0 Å². The highest BCUT2D eigenvalue weighted by atomic mass is 16.5. The fourth-order valence-corrected chi connectivity index (χ4v) is 2.67. The number of aliphatic hydroxyl groups is 1. The second-order valence-electron chi connectivity index (χ2n) is 5.45. The van der Waals surface area contributed by atoms with Gasteiger partial charge < -0.3 is 14.7 Å². The van der Waals surface area contributed by atoms with Gasteiger partial charge in [0, 0.05) is 39.6 Å². The second-order valence-corrected chi connectivity index (χ2v) is 5.45. The van der Waals surface area contributed by atoms with Gasteiger partial charge in [-0.15, -0.1) is 0 Å². The number of carbonyl (C=O) groups is 1. The summed E-state index contributed by atoms with van der Waals surface area (Å²) in [5, 5.41) is 10.4. The van der Waals surface area contributed by atoms with Crippen molar-refractivity contribution in [1.29, 1.82) is 0 Å². The Morgan fingerprint density at radius 1 is 1.33 bits per heavy atom. The van der Waals surface area contributed by atoms with Crippen LogP contribution in [0, 0.1) is 0 Å². The van der Waals surface area contributed by atoms with Crippen molar-refractivity contribution in [1.82, 2.24) is 9.80 Å². The minimum Gasteiger partial charge on any atom is -0.497 e. The Labute approximate surface area is 126 Å². The van der Waals surface area contributed by atoms with Crippen LogP contribution in [0.2, 0.25) is 0 Å². The average Bonchev–Trinajstić information content (AvgIpc) is 2.73. The predicted octanol–water partition coefficient (Wildman–Crippen LogP) is 1.28. The Hall–Kier alpha value is -1.59. The molecule has 2 rings (SSSR count). The number of rotatable bonds is 4. The Morgan fingerprint density at radius 3 is 2.86 bits per heavy atom. The van der Waals surface area contributed by atoms with Crippen molar-refractivity contribution >= 4 is 5.91 Å². The molecule has 1 unspecified atom stereocenters. The molecule has 1 N–H and O–H groups in total. The van der Waals surface area contributed by atoms with Gasteiger partial charge in [0.15, 0.2) is 0 Å². The summed E-state index contributed by atoms with van der Waals surface area (Å²) in [6, 6.07) is 7.53. The monoisotopic (exact) mass is 292 g/mol. The van der Waals surface area contributed by atoms with Crippen molar-refractivity contribution in [3.8, 4) is 5.75 Å². The average molecular weight is 292 g/mol. The van der Waals surface area contributed by atoms with E-state index in [1.807, 2.05) is 29.2 Å². The first kappa shape index (κ1) is 15.8. The predicted molar refractivity (Wildman–Crippen MR) is 81.3 cm³/mol. The van der Waals surface area contributed by atoms with E-state index in [1.165, 1.54) is 0 Å². The van der Waals surface area contributed by atoms with Crippen molar-refractivity contribution in [3.05, 3.63) is 29.8 Å². The molecule has 0 aromatic heterocycles. The summed E-state index contributed by atoms with van der Waals surface area (Å²) in [6.07, 6.45) is 0.411. The summed E-state index contributed by atoms with van der Waals surface area (Å²) in [6.45, 7) is 5.45. The molecule has 5 nitrogen and oxygen atoms in total. The SMILES string of the molecule is COc1cccc(C(O)CN2CCCN(C(C)=O)CC2)c1. The molecule has 1 aliphatic rings. The molecule has 116 valence electrons. The lowest BCUT2D eigenvalue weighted by Gasteiger charge is -2.24. The molecule has 1 saturated heterocycles. The van der Waals surface area contributed by atoms with Crippen molar-refractivity contribution < 1.29 is 14.6 Å². The number of hydrogen-bond donors (Lipinski definition) is 1. The molecule has 0 aliphatic carbocycles. The quantitative estimate of drug-likeness (QED) is 0.908. The molecular weight excluding hydrogens is 268 g/mol. The molecule has 0 saturated carbocycles. The van der Waals surface area contributed by atoms with Gasteiger partial charge in [0.1, 0.15) is 5.75 Å². The highest BCUT2D eigenvalue weighted by Crippen LogP contribution is 2.20. The third-order valence-corrected chi connectivity index (χ3v) is 3.94. The Bertz CT molecular complexity index is 478. The summed E-state index contributed by atoms with van der Waals surface area (Å²) in [7, 11) is 1.62. The lowest BCUT2D eigenvalue weighted by Crippen LogP contribution is -2.35. The fourth-order valence-electron chi connectivity index (χ4n) is 2.67. The first-order chi connectivity index (χ1) is 10.1. The Balaban J connectivity index is 1.92. The standard InChI is InChI=1S/C16H24N2O3/c1-13(19)18-8-4-7-17(9-10-18)12-16(20)14-5-3-6-15(11-14)21-2/h3,5-6,11,16,20H,4,7-10,12H2,1-2H3. The Morgan fingerprint density at radius 2 is 2.14 bits per heavy atom. The van der Waals surface area contributed by atoms with Gasteiger partial charge in [0.25, 0.3) is 0 Å². The maximum absolute atomic E-state index is 11.4. The van der Waals surface area contributed by atoms with E-state index in [1.54, 1.807) is 14.0 Å². The molecule has 1 aromatic rings. The number of carbonyl (C=O) groups excluding carboxylic acids is 1. The first-order valence-electron chi connectivity index (χ1n) is 7.40. The van der Waals surface area contributed by atoms with Crippen LogP contribution >= 0.6 is 0 Å². The zero-order chi connectivity index (χ0) is 15.2. The largest absolute Gasteiger partial charge is 0.497 e. The summed E-state index contributed by atoms with van der Waals surface area (Å²) in [5.74, 6) is 0.885. The third-order valence-electron chi connectivity index (χ3n) is 3.94. The van der Waals surface area contributed by atoms with Gasteiger partial charge in [-0.2, -0.15) is 0 Å². The number of ether oxygens (including phenoxy) is 1. The first-order valence-corrected chi connectivity index (χ1v) is 7.40. The minimum absolute atomic E-state index is 0.130. The molecule has 0 radical (unpaired) electrons. The smallest absolute Gasteiger partial charge is 0.219 e. The summed E-state index contributed by atoms with van der Waals surface area (Å²) < 4.78 is 5.19. The normalized spacial score (nSPS) is 18.1. The maximum atomic E-state index is 11.4. The maximum Gasteiger partial charge on any atom is 0.219 e. The van der Waals surface area contributed by atoms with Crippen LogP contribution in [0.4, 0.5) is 0 Å². The second kappa shape index (κ2) is 7.43. The van der Waals surface area contributed by atoms with Crippen molar-refractivity contribution in [3.63, 3.8) is 0 Å². The summed E-state index contributed by atoms with van der Waals surface area (Å²) in [4.78, 5) is 15.5. The van der Waals surface area contributed by atoms with Crippen LogP contribution < -0.4 is 4.74 Å². The van der Waals surface area contributed by atoms with E-state index in [2.05, 4.69) is 4.90 Å². The van der Waals surface area contributed by atoms with Crippen molar-refractivity contribution in [2.45, 2.75) is 19.4 Å². The van der Waals surface area contributed by atoms with Crippen LogP contribution in [0.3, 0.4) is 0 Å². The molecule has 1 amide bonds. The number of methoxy groups -OCH3 is 1. The molecule has 21 heavy (non-hydrogen) atoms. The van der Waals surface area contributed by atoms with E-state index in [0.29, 0.717) is 6.54 Å². The van der Waals surface area contributed by atoms with Crippen LogP contribution in [0.25, 0.3) is 0 Å². The van der Waals surface area contributed by atoms with Gasteiger partial charge in [0.05, 0.1) is 13.2 Å². The molecule has 0 bridgehead atoms. The van der Waals surface area contributed by atoms with Gasteiger partial charge in [-0.05, 0) is 24.1 Å². The van der Waals surface area contributed by atoms with Crippen LogP contribution in [0.5, 0.6) is 5.75 Å². The number of aliphatic hydroxyl groups excluding tert-OH is 1.